The van der Waals surface area contributed by atoms with Gasteiger partial charge in [-0.2, -0.15) is 5.26 Å². The van der Waals surface area contributed by atoms with Gasteiger partial charge in [0.05, 0.1) is 23.0 Å². The van der Waals surface area contributed by atoms with E-state index >= 15 is 0 Å². The number of nitrogen functional groups attached to an aromatic ring is 1. The summed E-state index contributed by atoms with van der Waals surface area (Å²) in [6.45, 7) is 2.11. The smallest absolute Gasteiger partial charge is 0.0992 e. The lowest BCUT2D eigenvalue weighted by atomic mass is 10.1. The summed E-state index contributed by atoms with van der Waals surface area (Å²) < 4.78 is 0. The van der Waals surface area contributed by atoms with Gasteiger partial charge in [-0.3, -0.25) is 0 Å². The number of nitrogens with zero attached hydrogens (tertiary/aromatic N) is 1. The highest BCUT2D eigenvalue weighted by atomic mass is 14.9. The molecule has 0 aromatic heterocycles. The predicted molar refractivity (Wildman–Crippen MR) is 74.7 cm³/mol. The van der Waals surface area contributed by atoms with Crippen LogP contribution in [0.25, 0.3) is 0 Å². The molecule has 0 heterocycles. The number of hydrogen-bond donors (Lipinski definition) is 2. The van der Waals surface area contributed by atoms with E-state index in [2.05, 4.69) is 24.4 Å². The molecule has 90 valence electrons. The average molecular weight is 237 g/mol. The van der Waals surface area contributed by atoms with Crippen molar-refractivity contribution in [2.24, 2.45) is 0 Å². The van der Waals surface area contributed by atoms with Crippen LogP contribution in [0.3, 0.4) is 0 Å². The third-order valence-corrected chi connectivity index (χ3v) is 2.85. The summed E-state index contributed by atoms with van der Waals surface area (Å²) in [5.41, 5.74) is 10.2. The fourth-order valence-corrected chi connectivity index (χ4v) is 1.83. The summed E-state index contributed by atoms with van der Waals surface area (Å²) in [5.74, 6) is 0. The van der Waals surface area contributed by atoms with Crippen molar-refractivity contribution in [3.63, 3.8) is 0 Å². The monoisotopic (exact) mass is 237 g/mol. The van der Waals surface area contributed by atoms with Crippen LogP contribution in [0.15, 0.2) is 42.5 Å². The van der Waals surface area contributed by atoms with Crippen molar-refractivity contribution in [3.8, 4) is 6.07 Å². The van der Waals surface area contributed by atoms with Gasteiger partial charge in [0.1, 0.15) is 0 Å². The number of nitrogens with two attached hydrogens (primary N) is 1. The standard InChI is InChI=1S/C15H15N3/c1-2-12-5-3-4-6-14(12)18-15-9-11(10-16)7-8-13(15)17/h3-9,18H,2,17H2,1H3. The lowest BCUT2D eigenvalue weighted by molar-refractivity contribution is 1.14. The molecule has 0 atom stereocenters. The molecule has 0 unspecified atom stereocenters. The van der Waals surface area contributed by atoms with Crippen molar-refractivity contribution < 1.29 is 0 Å². The molecule has 0 saturated heterocycles. The largest absolute Gasteiger partial charge is 0.397 e. The Morgan fingerprint density at radius 1 is 1.17 bits per heavy atom. The number of rotatable bonds is 3. The summed E-state index contributed by atoms with van der Waals surface area (Å²) in [6, 6.07) is 15.4. The molecular weight excluding hydrogens is 222 g/mol. The quantitative estimate of drug-likeness (QED) is 0.804. The molecule has 18 heavy (non-hydrogen) atoms. The van der Waals surface area contributed by atoms with E-state index in [1.807, 2.05) is 18.2 Å². The van der Waals surface area contributed by atoms with E-state index in [1.54, 1.807) is 18.2 Å². The van der Waals surface area contributed by atoms with Crippen molar-refractivity contribution in [2.75, 3.05) is 11.1 Å². The Balaban J connectivity index is 2.37. The van der Waals surface area contributed by atoms with Gasteiger partial charge in [0.2, 0.25) is 0 Å². The highest BCUT2D eigenvalue weighted by Gasteiger charge is 2.04. The minimum absolute atomic E-state index is 0.598. The van der Waals surface area contributed by atoms with E-state index in [1.165, 1.54) is 5.56 Å². The minimum atomic E-state index is 0.598. The zero-order valence-corrected chi connectivity index (χ0v) is 10.3. The Hall–Kier alpha value is -2.47. The van der Waals surface area contributed by atoms with Crippen LogP contribution >= 0.6 is 0 Å². The first-order valence-corrected chi connectivity index (χ1v) is 5.89. The summed E-state index contributed by atoms with van der Waals surface area (Å²) in [6.07, 6.45) is 0.945. The number of nitrogens with one attached hydrogen (secondary N) is 1. The number of hydrogen-bond acceptors (Lipinski definition) is 3. The molecule has 0 aliphatic carbocycles. The third-order valence-electron chi connectivity index (χ3n) is 2.85. The van der Waals surface area contributed by atoms with Gasteiger partial charge < -0.3 is 11.1 Å². The molecule has 0 saturated carbocycles. The molecular formula is C15H15N3. The maximum Gasteiger partial charge on any atom is 0.0992 e. The molecule has 3 N–H and O–H groups in total. The normalized spacial score (nSPS) is 9.78. The molecule has 0 aliphatic heterocycles. The number of anilines is 3. The van der Waals surface area contributed by atoms with Gasteiger partial charge in [-0.15, -0.1) is 0 Å². The lowest BCUT2D eigenvalue weighted by Crippen LogP contribution is -1.99. The zero-order chi connectivity index (χ0) is 13.0. The molecule has 0 aliphatic rings. The first kappa shape index (κ1) is 12.0. The maximum atomic E-state index is 8.90. The van der Waals surface area contributed by atoms with E-state index in [9.17, 15) is 0 Å². The van der Waals surface area contributed by atoms with Crippen LogP contribution in [0, 0.1) is 11.3 Å². The Morgan fingerprint density at radius 3 is 2.67 bits per heavy atom. The van der Waals surface area contributed by atoms with Crippen molar-refractivity contribution in [1.82, 2.24) is 0 Å². The first-order chi connectivity index (χ1) is 8.74. The lowest BCUT2D eigenvalue weighted by Gasteiger charge is -2.12. The first-order valence-electron chi connectivity index (χ1n) is 5.89. The van der Waals surface area contributed by atoms with Gasteiger partial charge in [0.25, 0.3) is 0 Å². The summed E-state index contributed by atoms with van der Waals surface area (Å²) in [4.78, 5) is 0. The van der Waals surface area contributed by atoms with Crippen molar-refractivity contribution >= 4 is 17.1 Å². The molecule has 0 fully saturated rings. The number of nitriles is 1. The van der Waals surface area contributed by atoms with E-state index in [-0.39, 0.29) is 0 Å². The van der Waals surface area contributed by atoms with E-state index in [0.717, 1.165) is 17.8 Å². The van der Waals surface area contributed by atoms with Gasteiger partial charge in [-0.1, -0.05) is 25.1 Å². The van der Waals surface area contributed by atoms with Crippen molar-refractivity contribution in [3.05, 3.63) is 53.6 Å². The van der Waals surface area contributed by atoms with Crippen LogP contribution in [-0.4, -0.2) is 0 Å². The molecule has 2 rings (SSSR count). The number of aryl methyl sites for hydroxylation is 1. The van der Waals surface area contributed by atoms with Crippen LogP contribution in [0.1, 0.15) is 18.1 Å². The van der Waals surface area contributed by atoms with Crippen LogP contribution in [0.4, 0.5) is 17.1 Å². The number of para-hydroxylation sites is 1. The predicted octanol–water partition coefficient (Wildman–Crippen LogP) is 3.45. The molecule has 0 amide bonds. The van der Waals surface area contributed by atoms with Gasteiger partial charge in [0, 0.05) is 5.69 Å². The zero-order valence-electron chi connectivity index (χ0n) is 10.3. The molecule has 0 spiro atoms. The van der Waals surface area contributed by atoms with Crippen LogP contribution in [-0.2, 0) is 6.42 Å². The SMILES string of the molecule is CCc1ccccc1Nc1cc(C#N)ccc1N. The van der Waals surface area contributed by atoms with Crippen molar-refractivity contribution in [2.45, 2.75) is 13.3 Å². The number of benzene rings is 2. The van der Waals surface area contributed by atoms with Gasteiger partial charge >= 0.3 is 0 Å². The fourth-order valence-electron chi connectivity index (χ4n) is 1.83. The molecule has 0 bridgehead atoms. The Bertz CT molecular complexity index is 597. The topological polar surface area (TPSA) is 61.8 Å². The third kappa shape index (κ3) is 2.44. The highest BCUT2D eigenvalue weighted by molar-refractivity contribution is 5.75. The second kappa shape index (κ2) is 5.24. The van der Waals surface area contributed by atoms with Gasteiger partial charge in [-0.25, -0.2) is 0 Å². The van der Waals surface area contributed by atoms with Crippen LogP contribution in [0.5, 0.6) is 0 Å². The summed E-state index contributed by atoms with van der Waals surface area (Å²) in [7, 11) is 0. The summed E-state index contributed by atoms with van der Waals surface area (Å²) in [5, 5.41) is 12.2. The summed E-state index contributed by atoms with van der Waals surface area (Å²) >= 11 is 0. The maximum absolute atomic E-state index is 8.90. The Kier molecular flexibility index (Phi) is 3.49. The van der Waals surface area contributed by atoms with Crippen LogP contribution < -0.4 is 11.1 Å². The molecule has 0 radical (unpaired) electrons. The van der Waals surface area contributed by atoms with E-state index in [4.69, 9.17) is 11.0 Å². The molecule has 3 heteroatoms. The highest BCUT2D eigenvalue weighted by Crippen LogP contribution is 2.26. The van der Waals surface area contributed by atoms with Crippen molar-refractivity contribution in [1.29, 1.82) is 5.26 Å². The van der Waals surface area contributed by atoms with Crippen LogP contribution in [0.2, 0.25) is 0 Å². The van der Waals surface area contributed by atoms with Gasteiger partial charge in [0.15, 0.2) is 0 Å². The van der Waals surface area contributed by atoms with Gasteiger partial charge in [-0.05, 0) is 36.2 Å². The fraction of sp³-hybridized carbons (Fsp3) is 0.133. The Morgan fingerprint density at radius 2 is 1.94 bits per heavy atom. The molecule has 3 nitrogen and oxygen atoms in total. The molecule has 2 aromatic rings. The Labute approximate surface area is 107 Å². The second-order valence-corrected chi connectivity index (χ2v) is 4.05. The van der Waals surface area contributed by atoms with E-state index in [0.29, 0.717) is 11.3 Å². The minimum Gasteiger partial charge on any atom is -0.397 e. The molecule has 2 aromatic carbocycles. The van der Waals surface area contributed by atoms with E-state index < -0.39 is 0 Å². The second-order valence-electron chi connectivity index (χ2n) is 4.05. The average Bonchev–Trinajstić information content (AvgIpc) is 2.42.